The molecule has 200 valence electrons. The summed E-state index contributed by atoms with van der Waals surface area (Å²) in [5.41, 5.74) is 21.3. The largest absolute Gasteiger partial charge is 0.480 e. The van der Waals surface area contributed by atoms with Crippen molar-refractivity contribution >= 4 is 48.2 Å². The Morgan fingerprint density at radius 1 is 0.943 bits per heavy atom. The van der Waals surface area contributed by atoms with Crippen LogP contribution in [-0.4, -0.2) is 77.1 Å². The molecule has 0 bridgehead atoms. The van der Waals surface area contributed by atoms with Crippen LogP contribution in [0.2, 0.25) is 0 Å². The Hall–Kier alpha value is -3.07. The maximum absolute atomic E-state index is 12.9. The van der Waals surface area contributed by atoms with Gasteiger partial charge in [-0.15, -0.1) is 0 Å². The van der Waals surface area contributed by atoms with Gasteiger partial charge in [0.15, 0.2) is 5.96 Å². The van der Waals surface area contributed by atoms with Crippen molar-refractivity contribution in [1.82, 2.24) is 16.0 Å². The third-order valence-electron chi connectivity index (χ3n) is 5.21. The number of rotatable bonds is 17. The lowest BCUT2D eigenvalue weighted by molar-refractivity contribution is -0.142. The molecule has 15 heteroatoms. The molecule has 0 aliphatic rings. The monoisotopic (exact) mass is 518 g/mol. The number of hydrogen-bond acceptors (Lipinski definition) is 8. The van der Waals surface area contributed by atoms with E-state index in [9.17, 15) is 29.1 Å². The van der Waals surface area contributed by atoms with Crippen LogP contribution in [0.5, 0.6) is 0 Å². The summed E-state index contributed by atoms with van der Waals surface area (Å²) in [4.78, 5) is 64.2. The molecule has 0 radical (unpaired) electrons. The summed E-state index contributed by atoms with van der Waals surface area (Å²) in [6.07, 6.45) is 0.791. The Morgan fingerprint density at radius 3 is 2.03 bits per heavy atom. The number of primary amides is 1. The number of carbonyl (C=O) groups excluding carboxylic acids is 4. The van der Waals surface area contributed by atoms with Crippen LogP contribution in [0.1, 0.15) is 46.0 Å². The molecule has 0 aromatic heterocycles. The number of carbonyl (C=O) groups is 5. The Bertz CT molecular complexity index is 777. The number of guanidine groups is 1. The zero-order valence-electron chi connectivity index (χ0n) is 20.0. The molecular weight excluding hydrogens is 480 g/mol. The second-order valence-corrected chi connectivity index (χ2v) is 8.44. The molecule has 0 aliphatic heterocycles. The van der Waals surface area contributed by atoms with Crippen LogP contribution in [0.15, 0.2) is 4.99 Å². The van der Waals surface area contributed by atoms with E-state index >= 15 is 0 Å². The van der Waals surface area contributed by atoms with Gasteiger partial charge >= 0.3 is 5.97 Å². The van der Waals surface area contributed by atoms with E-state index in [4.69, 9.17) is 22.9 Å². The molecule has 0 fully saturated rings. The molecule has 35 heavy (non-hydrogen) atoms. The van der Waals surface area contributed by atoms with Crippen molar-refractivity contribution in [3.8, 4) is 0 Å². The average Bonchev–Trinajstić information content (AvgIpc) is 2.79. The Morgan fingerprint density at radius 2 is 1.54 bits per heavy atom. The molecule has 0 aromatic rings. The molecule has 0 saturated carbocycles. The van der Waals surface area contributed by atoms with Crippen molar-refractivity contribution in [2.24, 2.45) is 33.8 Å². The molecule has 0 aliphatic carbocycles. The molecule has 12 N–H and O–H groups in total. The van der Waals surface area contributed by atoms with Crippen LogP contribution in [0.25, 0.3) is 0 Å². The van der Waals surface area contributed by atoms with Crippen LogP contribution in [0, 0.1) is 5.92 Å². The molecule has 14 nitrogen and oxygen atoms in total. The fourth-order valence-electron chi connectivity index (χ4n) is 2.88. The highest BCUT2D eigenvalue weighted by atomic mass is 32.1. The normalized spacial score (nSPS) is 15.0. The molecule has 0 saturated heterocycles. The first-order valence-electron chi connectivity index (χ1n) is 11.2. The molecule has 5 unspecified atom stereocenters. The number of nitrogens with zero attached hydrogens (tertiary/aromatic N) is 1. The highest BCUT2D eigenvalue weighted by Gasteiger charge is 2.32. The number of nitrogens with two attached hydrogens (primary N) is 4. The number of nitrogens with one attached hydrogen (secondary N) is 3. The van der Waals surface area contributed by atoms with Gasteiger partial charge in [-0.1, -0.05) is 20.3 Å². The van der Waals surface area contributed by atoms with E-state index in [2.05, 4.69) is 33.6 Å². The fourth-order valence-corrected chi connectivity index (χ4v) is 3.14. The number of carboxylic acid groups (broad SMARTS) is 1. The minimum atomic E-state index is -1.26. The van der Waals surface area contributed by atoms with Crippen molar-refractivity contribution in [2.45, 2.75) is 70.1 Å². The number of hydrogen-bond donors (Lipinski definition) is 9. The molecule has 0 heterocycles. The van der Waals surface area contributed by atoms with Gasteiger partial charge < -0.3 is 44.0 Å². The van der Waals surface area contributed by atoms with E-state index < -0.39 is 53.8 Å². The lowest BCUT2D eigenvalue weighted by Gasteiger charge is -2.27. The minimum Gasteiger partial charge on any atom is -0.480 e. The van der Waals surface area contributed by atoms with Gasteiger partial charge in [0, 0.05) is 18.7 Å². The summed E-state index contributed by atoms with van der Waals surface area (Å²) < 4.78 is 0. The molecule has 0 rings (SSSR count). The van der Waals surface area contributed by atoms with E-state index in [0.29, 0.717) is 12.8 Å². The first-order chi connectivity index (χ1) is 16.3. The third-order valence-corrected chi connectivity index (χ3v) is 5.57. The van der Waals surface area contributed by atoms with Crippen molar-refractivity contribution in [1.29, 1.82) is 0 Å². The number of amides is 4. The van der Waals surface area contributed by atoms with Crippen LogP contribution < -0.4 is 38.9 Å². The summed E-state index contributed by atoms with van der Waals surface area (Å²) in [5.74, 6) is -4.52. The zero-order chi connectivity index (χ0) is 27.1. The van der Waals surface area contributed by atoms with Crippen molar-refractivity contribution in [2.75, 3.05) is 12.3 Å². The van der Waals surface area contributed by atoms with E-state index in [1.54, 1.807) is 6.92 Å². The number of aliphatic imine (C=N–C) groups is 1. The van der Waals surface area contributed by atoms with Crippen molar-refractivity contribution in [3.05, 3.63) is 0 Å². The summed E-state index contributed by atoms with van der Waals surface area (Å²) in [6.45, 7) is 3.73. The van der Waals surface area contributed by atoms with Crippen LogP contribution >= 0.6 is 12.6 Å². The van der Waals surface area contributed by atoms with E-state index in [1.165, 1.54) is 0 Å². The van der Waals surface area contributed by atoms with Gasteiger partial charge in [0.1, 0.15) is 18.1 Å². The molecule has 0 spiro atoms. The predicted molar refractivity (Wildman–Crippen MR) is 133 cm³/mol. The lowest BCUT2D eigenvalue weighted by Crippen LogP contribution is -2.59. The Kier molecular flexibility index (Phi) is 15.1. The van der Waals surface area contributed by atoms with Gasteiger partial charge in [0.25, 0.3) is 0 Å². The smallest absolute Gasteiger partial charge is 0.326 e. The second-order valence-electron chi connectivity index (χ2n) is 8.08. The molecule has 5 atom stereocenters. The van der Waals surface area contributed by atoms with Gasteiger partial charge in [0.2, 0.25) is 23.6 Å². The summed E-state index contributed by atoms with van der Waals surface area (Å²) >= 11 is 4.08. The van der Waals surface area contributed by atoms with Crippen molar-refractivity contribution in [3.63, 3.8) is 0 Å². The topological polar surface area (TPSA) is 258 Å². The van der Waals surface area contributed by atoms with Crippen LogP contribution in [-0.2, 0) is 24.0 Å². The zero-order valence-corrected chi connectivity index (χ0v) is 20.9. The van der Waals surface area contributed by atoms with Crippen LogP contribution in [0.3, 0.4) is 0 Å². The van der Waals surface area contributed by atoms with Gasteiger partial charge in [-0.2, -0.15) is 12.6 Å². The first-order valence-corrected chi connectivity index (χ1v) is 11.8. The molecule has 4 amide bonds. The number of thiol groups is 1. The first kappa shape index (κ1) is 31.9. The van der Waals surface area contributed by atoms with E-state index in [0.717, 1.165) is 0 Å². The second kappa shape index (κ2) is 16.5. The highest BCUT2D eigenvalue weighted by molar-refractivity contribution is 7.80. The predicted octanol–water partition coefficient (Wildman–Crippen LogP) is -2.85. The van der Waals surface area contributed by atoms with Crippen molar-refractivity contribution < 1.29 is 29.1 Å². The van der Waals surface area contributed by atoms with Gasteiger partial charge in [0.05, 0.1) is 6.04 Å². The highest BCUT2D eigenvalue weighted by Crippen LogP contribution is 2.10. The molecular formula is C20H38N8O6S. The van der Waals surface area contributed by atoms with Gasteiger partial charge in [-0.25, -0.2) is 4.79 Å². The summed E-state index contributed by atoms with van der Waals surface area (Å²) in [6, 6.07) is -4.49. The van der Waals surface area contributed by atoms with E-state index in [1.807, 2.05) is 6.92 Å². The summed E-state index contributed by atoms with van der Waals surface area (Å²) in [5, 5.41) is 16.8. The maximum atomic E-state index is 12.9. The number of carboxylic acids is 1. The molecule has 0 aromatic carbocycles. The SMILES string of the molecule is CCC(C)C(NC(=O)C(N)CCC(N)=O)C(=O)NC(CS)C(=O)NC(CCCN=C(N)N)C(=O)O. The quantitative estimate of drug-likeness (QED) is 0.0414. The van der Waals surface area contributed by atoms with E-state index in [-0.39, 0.29) is 43.4 Å². The number of aliphatic carboxylic acids is 1. The van der Waals surface area contributed by atoms with Gasteiger partial charge in [-0.05, 0) is 25.2 Å². The Balaban J connectivity index is 5.23. The standard InChI is InChI=1S/C20H38N8O6S/c1-3-10(2)15(28-16(30)11(21)6-7-14(22)29)18(32)27-13(9-35)17(31)26-12(19(33)34)5-4-8-25-20(23)24/h10-13,15,35H,3-9,21H2,1-2H3,(H2,22,29)(H,26,31)(H,27,32)(H,28,30)(H,33,34)(H4,23,24,25). The van der Waals surface area contributed by atoms with Gasteiger partial charge in [-0.3, -0.25) is 24.2 Å². The maximum Gasteiger partial charge on any atom is 0.326 e. The minimum absolute atomic E-state index is 0.0114. The Labute approximate surface area is 209 Å². The third kappa shape index (κ3) is 12.8. The fraction of sp³-hybridized carbons (Fsp3) is 0.700. The lowest BCUT2D eigenvalue weighted by atomic mass is 9.97. The van der Waals surface area contributed by atoms with Crippen LogP contribution in [0.4, 0.5) is 0 Å². The average molecular weight is 519 g/mol. The summed E-state index contributed by atoms with van der Waals surface area (Å²) in [7, 11) is 0.